The van der Waals surface area contributed by atoms with Crippen LogP contribution in [0.2, 0.25) is 0 Å². The van der Waals surface area contributed by atoms with E-state index < -0.39 is 65.3 Å². The molecule has 0 radical (unpaired) electrons. The van der Waals surface area contributed by atoms with E-state index in [9.17, 15) is 18.9 Å². The van der Waals surface area contributed by atoms with Gasteiger partial charge < -0.3 is 33.9 Å². The van der Waals surface area contributed by atoms with Crippen LogP contribution in [0, 0.1) is 23.7 Å². The number of rotatable bonds is 12. The molecule has 53 heavy (non-hydrogen) atoms. The second-order valence-corrected chi connectivity index (χ2v) is 17.2. The zero-order valence-electron chi connectivity index (χ0n) is 33.4. The van der Waals surface area contributed by atoms with Gasteiger partial charge in [-0.3, -0.25) is 19.1 Å². The lowest BCUT2D eigenvalue weighted by molar-refractivity contribution is -0.260. The first-order valence-electron chi connectivity index (χ1n) is 19.4. The zero-order valence-corrected chi connectivity index (χ0v) is 34.3. The molecule has 3 heterocycles. The summed E-state index contributed by atoms with van der Waals surface area (Å²) >= 11 is 0. The number of nitrogens with zero attached hydrogens (tertiary/aromatic N) is 5. The Kier molecular flexibility index (Phi) is 15.1. The molecular weight excluding hydrogens is 703 g/mol. The summed E-state index contributed by atoms with van der Waals surface area (Å²) in [7, 11) is 5.34. The highest BCUT2D eigenvalue weighted by Gasteiger charge is 2.61. The number of hydrogen-bond acceptors (Lipinski definition) is 12. The molecule has 3 unspecified atom stereocenters. The van der Waals surface area contributed by atoms with E-state index in [2.05, 4.69) is 22.3 Å². The first kappa shape index (κ1) is 43.3. The molecule has 15 nitrogen and oxygen atoms in total. The molecule has 0 aromatic carbocycles. The fraction of sp³-hybridized carbons (Fsp3) is 0.919. The highest BCUT2D eigenvalue weighted by Crippen LogP contribution is 2.45. The Hall–Kier alpha value is -2.38. The Morgan fingerprint density at radius 2 is 1.83 bits per heavy atom. The van der Waals surface area contributed by atoms with Crippen LogP contribution in [0.5, 0.6) is 0 Å². The topological polar surface area (TPSA) is 182 Å². The van der Waals surface area contributed by atoms with Crippen molar-refractivity contribution in [2.75, 3.05) is 40.8 Å². The average Bonchev–Trinajstić information content (AvgIpc) is 3.93. The molecule has 4 aliphatic rings. The number of azide groups is 1. The first-order chi connectivity index (χ1) is 25.1. The highest BCUT2D eigenvalue weighted by molar-refractivity contribution is 7.25. The van der Waals surface area contributed by atoms with E-state index in [4.69, 9.17) is 29.2 Å². The standard InChI is InChI=1S/C37H63N6O9P/c1-11-27-37(7)31(43(35(46)52-37)17-13-12-16-40-41-38)28(25-14-15-25)39-20-21(2)19-36(6,48-10)32(23(4)29(44)24(5)33(45)50-27)51-34-30(53-47)26(42(8)9)18-22(3)49-34/h21-28,30-32,34,39H,11-20H2,1-10H3/t21-,22?,23+,24-,26?,27-,28-,30?,31-,32-,34+,36-,37-/m1/s1. The van der Waals surface area contributed by atoms with Crippen molar-refractivity contribution in [3.63, 3.8) is 0 Å². The summed E-state index contributed by atoms with van der Waals surface area (Å²) in [5.41, 5.74) is 5.98. The summed E-state index contributed by atoms with van der Waals surface area (Å²) < 4.78 is 44.5. The smallest absolute Gasteiger partial charge is 0.410 e. The number of fused-ring (bicyclic) bond motifs is 1. The second-order valence-electron chi connectivity index (χ2n) is 16.4. The van der Waals surface area contributed by atoms with Crippen LogP contribution in [0.15, 0.2) is 5.11 Å². The molecule has 0 spiro atoms. The number of methoxy groups -OCH3 is 1. The highest BCUT2D eigenvalue weighted by atomic mass is 31.1. The number of amides is 1. The van der Waals surface area contributed by atoms with Crippen LogP contribution in [-0.4, -0.2) is 128 Å². The summed E-state index contributed by atoms with van der Waals surface area (Å²) in [5.74, 6) is -2.82. The molecule has 0 aromatic rings. The number of nitrogens with one attached hydrogen (secondary N) is 1. The maximum Gasteiger partial charge on any atom is 0.410 e. The molecule has 300 valence electrons. The largest absolute Gasteiger partial charge is 0.458 e. The number of carbonyl (C=O) groups is 3. The molecule has 4 fully saturated rings. The van der Waals surface area contributed by atoms with Gasteiger partial charge in [0.15, 0.2) is 26.1 Å². The summed E-state index contributed by atoms with van der Waals surface area (Å²) in [6.07, 6.45) is 1.42. The SMILES string of the molecule is CC[C@H]1OC(=O)[C@H](C)C(=O)[C@H](C)[C@@H](O[C@@H]2OC(C)CC(N(C)C)C2P=O)[C@](C)(OC)C[C@@H](C)CN[C@H](C2CC2)[C@H]2N(CCCCN=[N+]=[N-])C(=O)O[C@]12C. The van der Waals surface area contributed by atoms with E-state index in [0.29, 0.717) is 51.7 Å². The van der Waals surface area contributed by atoms with E-state index in [1.54, 1.807) is 25.9 Å². The minimum absolute atomic E-state index is 0.00716. The third-order valence-electron chi connectivity index (χ3n) is 12.1. The van der Waals surface area contributed by atoms with Crippen LogP contribution in [0.25, 0.3) is 10.4 Å². The van der Waals surface area contributed by atoms with Crippen molar-refractivity contribution in [2.45, 2.75) is 153 Å². The van der Waals surface area contributed by atoms with Gasteiger partial charge in [-0.15, -0.1) is 0 Å². The van der Waals surface area contributed by atoms with Gasteiger partial charge in [-0.2, -0.15) is 0 Å². The maximum atomic E-state index is 14.4. The van der Waals surface area contributed by atoms with Gasteiger partial charge in [-0.25, -0.2) is 4.79 Å². The Bertz CT molecular complexity index is 1350. The van der Waals surface area contributed by atoms with Crippen molar-refractivity contribution in [2.24, 2.45) is 28.8 Å². The van der Waals surface area contributed by atoms with Crippen LogP contribution >= 0.6 is 8.46 Å². The first-order valence-corrected chi connectivity index (χ1v) is 20.3. The molecule has 0 bridgehead atoms. The molecular formula is C37H63N6O9P. The van der Waals surface area contributed by atoms with Gasteiger partial charge in [0, 0.05) is 43.1 Å². The number of cyclic esters (lactones) is 1. The Morgan fingerprint density at radius 3 is 2.42 bits per heavy atom. The van der Waals surface area contributed by atoms with E-state index in [1.807, 2.05) is 46.7 Å². The normalized spacial score (nSPS) is 40.5. The molecule has 3 saturated heterocycles. The molecule has 13 atom stereocenters. The van der Waals surface area contributed by atoms with Gasteiger partial charge in [-0.05, 0) is 111 Å². The number of hydrogen-bond donors (Lipinski definition) is 1. The van der Waals surface area contributed by atoms with Crippen LogP contribution in [0.3, 0.4) is 0 Å². The lowest BCUT2D eigenvalue weighted by Crippen LogP contribution is -2.62. The number of carbonyl (C=O) groups excluding carboxylic acids is 3. The van der Waals surface area contributed by atoms with Crippen molar-refractivity contribution in [3.05, 3.63) is 10.4 Å². The minimum atomic E-state index is -1.21. The summed E-state index contributed by atoms with van der Waals surface area (Å²) in [5, 5.41) is 7.47. The minimum Gasteiger partial charge on any atom is -0.458 e. The van der Waals surface area contributed by atoms with Crippen molar-refractivity contribution in [1.29, 1.82) is 0 Å². The molecule has 0 aromatic heterocycles. The van der Waals surface area contributed by atoms with E-state index in [-0.39, 0.29) is 44.3 Å². The third-order valence-corrected chi connectivity index (χ3v) is 12.9. The molecule has 1 aliphatic carbocycles. The molecule has 4 rings (SSSR count). The monoisotopic (exact) mass is 766 g/mol. The molecule has 1 N–H and O–H groups in total. The van der Waals surface area contributed by atoms with Crippen LogP contribution in [0.1, 0.15) is 93.4 Å². The second kappa shape index (κ2) is 18.5. The fourth-order valence-corrected chi connectivity index (χ4v) is 9.67. The molecule has 1 amide bonds. The lowest BCUT2D eigenvalue weighted by Gasteiger charge is -2.46. The van der Waals surface area contributed by atoms with Crippen LogP contribution < -0.4 is 5.32 Å². The third kappa shape index (κ3) is 9.72. The van der Waals surface area contributed by atoms with Gasteiger partial charge in [0.05, 0.1) is 23.9 Å². The van der Waals surface area contributed by atoms with Gasteiger partial charge >= 0.3 is 12.1 Å². The summed E-state index contributed by atoms with van der Waals surface area (Å²) in [4.78, 5) is 48.7. The molecule has 3 aliphatic heterocycles. The number of ketones is 1. The Morgan fingerprint density at radius 1 is 1.13 bits per heavy atom. The Labute approximate surface area is 316 Å². The molecule has 16 heteroatoms. The van der Waals surface area contributed by atoms with Crippen molar-refractivity contribution >= 4 is 26.3 Å². The van der Waals surface area contributed by atoms with Gasteiger partial charge in [0.25, 0.3) is 0 Å². The number of unbranched alkanes of at least 4 members (excludes halogenated alkanes) is 1. The number of esters is 1. The predicted molar refractivity (Wildman–Crippen MR) is 199 cm³/mol. The van der Waals surface area contributed by atoms with Gasteiger partial charge in [0.2, 0.25) is 0 Å². The van der Waals surface area contributed by atoms with E-state index >= 15 is 0 Å². The predicted octanol–water partition coefficient (Wildman–Crippen LogP) is 5.74. The number of ether oxygens (including phenoxy) is 5. The molecule has 1 saturated carbocycles. The van der Waals surface area contributed by atoms with Crippen LogP contribution in [0.4, 0.5) is 4.79 Å². The summed E-state index contributed by atoms with van der Waals surface area (Å²) in [6.45, 7) is 14.3. The van der Waals surface area contributed by atoms with Gasteiger partial charge in [-0.1, -0.05) is 25.9 Å². The summed E-state index contributed by atoms with van der Waals surface area (Å²) in [6, 6.07) is -0.724. The quantitative estimate of drug-likeness (QED) is 0.0486. The van der Waals surface area contributed by atoms with E-state index in [0.717, 1.165) is 12.8 Å². The van der Waals surface area contributed by atoms with Gasteiger partial charge in [0.1, 0.15) is 17.7 Å². The van der Waals surface area contributed by atoms with Crippen molar-refractivity contribution < 1.29 is 42.6 Å². The number of Topliss-reactive ketones (excluding diaryl/α,β-unsaturated/α-hetero) is 1. The average molecular weight is 767 g/mol. The fourth-order valence-electron chi connectivity index (χ4n) is 8.90. The van der Waals surface area contributed by atoms with Crippen LogP contribution in [-0.2, 0) is 37.8 Å². The maximum absolute atomic E-state index is 14.4. The van der Waals surface area contributed by atoms with Crippen molar-refractivity contribution in [1.82, 2.24) is 15.1 Å². The van der Waals surface area contributed by atoms with E-state index in [1.165, 1.54) is 0 Å². The van der Waals surface area contributed by atoms with Crippen molar-refractivity contribution in [3.8, 4) is 0 Å². The Balaban J connectivity index is 1.74. The zero-order chi connectivity index (χ0) is 39.2. The lowest BCUT2D eigenvalue weighted by atomic mass is 9.78.